The lowest BCUT2D eigenvalue weighted by Gasteiger charge is -1.99. The first-order valence-corrected chi connectivity index (χ1v) is 6.00. The number of nitrogens with two attached hydrogens (primary N) is 1. The summed E-state index contributed by atoms with van der Waals surface area (Å²) in [6.07, 6.45) is 0. The SMILES string of the molecule is Nc1nc(=S)nc(-c2sccc2I)[nH]1. The van der Waals surface area contributed by atoms with Crippen LogP contribution in [0.3, 0.4) is 0 Å². The van der Waals surface area contributed by atoms with Crippen molar-refractivity contribution >= 4 is 52.1 Å². The van der Waals surface area contributed by atoms with Crippen LogP contribution in [0.1, 0.15) is 0 Å². The van der Waals surface area contributed by atoms with Gasteiger partial charge in [-0.1, -0.05) is 0 Å². The molecule has 0 bridgehead atoms. The van der Waals surface area contributed by atoms with E-state index < -0.39 is 0 Å². The van der Waals surface area contributed by atoms with Crippen molar-refractivity contribution in [3.63, 3.8) is 0 Å². The maximum Gasteiger partial charge on any atom is 0.224 e. The molecule has 0 fully saturated rings. The van der Waals surface area contributed by atoms with Crippen molar-refractivity contribution in [2.45, 2.75) is 0 Å². The first-order chi connectivity index (χ1) is 6.66. The topological polar surface area (TPSA) is 67.6 Å². The standard InChI is InChI=1S/C7H5IN4S2/c8-3-1-2-14-4(3)5-10-6(9)12-7(13)11-5/h1-2H,(H3,9,10,11,12,13). The molecule has 2 aromatic rings. The third-order valence-corrected chi connectivity index (χ3v) is 3.87. The summed E-state index contributed by atoms with van der Waals surface area (Å²) in [5.41, 5.74) is 5.54. The van der Waals surface area contributed by atoms with Crippen LogP contribution in [0.4, 0.5) is 5.95 Å². The Labute approximate surface area is 103 Å². The van der Waals surface area contributed by atoms with Crippen LogP contribution >= 0.6 is 46.1 Å². The molecule has 0 aliphatic heterocycles. The number of nitrogens with zero attached hydrogens (tertiary/aromatic N) is 2. The molecule has 0 aromatic carbocycles. The van der Waals surface area contributed by atoms with Crippen molar-refractivity contribution in [1.29, 1.82) is 0 Å². The minimum Gasteiger partial charge on any atom is -0.369 e. The van der Waals surface area contributed by atoms with Gasteiger partial charge in [0.25, 0.3) is 0 Å². The number of nitrogens with one attached hydrogen (secondary N) is 1. The number of nitrogen functional groups attached to an aromatic ring is 1. The van der Waals surface area contributed by atoms with Crippen LogP contribution in [0.25, 0.3) is 10.7 Å². The molecule has 2 heterocycles. The molecule has 2 aromatic heterocycles. The first-order valence-electron chi connectivity index (χ1n) is 3.64. The van der Waals surface area contributed by atoms with Crippen LogP contribution < -0.4 is 5.73 Å². The van der Waals surface area contributed by atoms with Crippen molar-refractivity contribution < 1.29 is 0 Å². The summed E-state index contributed by atoms with van der Waals surface area (Å²) in [5.74, 6) is 0.978. The van der Waals surface area contributed by atoms with E-state index in [9.17, 15) is 0 Å². The largest absolute Gasteiger partial charge is 0.369 e. The van der Waals surface area contributed by atoms with Crippen molar-refractivity contribution in [2.24, 2.45) is 0 Å². The molecule has 0 radical (unpaired) electrons. The molecule has 72 valence electrons. The third-order valence-electron chi connectivity index (χ3n) is 1.50. The number of hydrogen-bond acceptors (Lipinski definition) is 5. The van der Waals surface area contributed by atoms with E-state index in [-0.39, 0.29) is 4.77 Å². The average Bonchev–Trinajstić information content (AvgIpc) is 2.49. The smallest absolute Gasteiger partial charge is 0.224 e. The van der Waals surface area contributed by atoms with Gasteiger partial charge in [-0.05, 0) is 46.3 Å². The average molecular weight is 336 g/mol. The highest BCUT2D eigenvalue weighted by molar-refractivity contribution is 14.1. The maximum absolute atomic E-state index is 5.54. The van der Waals surface area contributed by atoms with Gasteiger partial charge >= 0.3 is 0 Å². The Hall–Kier alpha value is -0.540. The van der Waals surface area contributed by atoms with Gasteiger partial charge in [0.2, 0.25) is 10.7 Å². The zero-order valence-electron chi connectivity index (χ0n) is 6.82. The Morgan fingerprint density at radius 3 is 2.86 bits per heavy atom. The molecule has 0 saturated carbocycles. The monoisotopic (exact) mass is 336 g/mol. The van der Waals surface area contributed by atoms with E-state index in [2.05, 4.69) is 37.5 Å². The quantitative estimate of drug-likeness (QED) is 0.620. The molecule has 0 atom stereocenters. The minimum absolute atomic E-state index is 0.264. The fourth-order valence-electron chi connectivity index (χ4n) is 0.971. The third kappa shape index (κ3) is 1.93. The Morgan fingerprint density at radius 2 is 2.29 bits per heavy atom. The lowest BCUT2D eigenvalue weighted by molar-refractivity contribution is 1.05. The number of hydrogen-bond donors (Lipinski definition) is 2. The van der Waals surface area contributed by atoms with E-state index in [1.165, 1.54) is 0 Å². The second-order valence-corrected chi connectivity index (χ2v) is 4.91. The molecule has 4 nitrogen and oxygen atoms in total. The normalized spacial score (nSPS) is 10.4. The van der Waals surface area contributed by atoms with Gasteiger partial charge in [-0.2, -0.15) is 9.97 Å². The number of anilines is 1. The Balaban J connectivity index is 2.63. The minimum atomic E-state index is 0.264. The number of halogens is 1. The predicted molar refractivity (Wildman–Crippen MR) is 67.7 cm³/mol. The zero-order valence-corrected chi connectivity index (χ0v) is 10.6. The van der Waals surface area contributed by atoms with Gasteiger partial charge in [0.05, 0.1) is 4.88 Å². The van der Waals surface area contributed by atoms with E-state index >= 15 is 0 Å². The lowest BCUT2D eigenvalue weighted by atomic mass is 10.4. The summed E-state index contributed by atoms with van der Waals surface area (Å²) < 4.78 is 1.39. The highest BCUT2D eigenvalue weighted by Gasteiger charge is 2.07. The summed E-state index contributed by atoms with van der Waals surface area (Å²) in [7, 11) is 0. The van der Waals surface area contributed by atoms with Crippen LogP contribution in [0, 0.1) is 8.34 Å². The van der Waals surface area contributed by atoms with Crippen LogP contribution in [-0.4, -0.2) is 15.0 Å². The van der Waals surface area contributed by atoms with Crippen LogP contribution in [0.15, 0.2) is 11.4 Å². The van der Waals surface area contributed by atoms with Crippen molar-refractivity contribution in [3.8, 4) is 10.7 Å². The molecule has 2 rings (SSSR count). The van der Waals surface area contributed by atoms with Crippen molar-refractivity contribution in [2.75, 3.05) is 5.73 Å². The molecule has 14 heavy (non-hydrogen) atoms. The molecular weight excluding hydrogens is 331 g/mol. The number of thiophene rings is 1. The number of H-pyrrole nitrogens is 1. The second-order valence-electron chi connectivity index (χ2n) is 2.46. The van der Waals surface area contributed by atoms with Crippen LogP contribution in [0.2, 0.25) is 0 Å². The fraction of sp³-hybridized carbons (Fsp3) is 0. The highest BCUT2D eigenvalue weighted by Crippen LogP contribution is 2.27. The number of rotatable bonds is 1. The van der Waals surface area contributed by atoms with Crippen LogP contribution in [-0.2, 0) is 0 Å². The summed E-state index contributed by atoms with van der Waals surface area (Å²) in [6.45, 7) is 0. The van der Waals surface area contributed by atoms with E-state index in [4.69, 9.17) is 18.0 Å². The first kappa shape index (κ1) is 9.99. The molecule has 0 amide bonds. The van der Waals surface area contributed by atoms with Crippen LogP contribution in [0.5, 0.6) is 0 Å². The van der Waals surface area contributed by atoms with Gasteiger partial charge in [-0.3, -0.25) is 0 Å². The highest BCUT2D eigenvalue weighted by atomic mass is 127. The second kappa shape index (κ2) is 3.91. The molecule has 0 aliphatic carbocycles. The van der Waals surface area contributed by atoms with E-state index in [1.54, 1.807) is 11.3 Å². The van der Waals surface area contributed by atoms with E-state index in [0.717, 1.165) is 8.45 Å². The van der Waals surface area contributed by atoms with E-state index in [0.29, 0.717) is 11.8 Å². The number of aromatic amines is 1. The van der Waals surface area contributed by atoms with Gasteiger partial charge in [0.15, 0.2) is 5.82 Å². The van der Waals surface area contributed by atoms with Gasteiger partial charge in [-0.25, -0.2) is 0 Å². The Morgan fingerprint density at radius 1 is 1.50 bits per heavy atom. The van der Waals surface area contributed by atoms with Crippen molar-refractivity contribution in [3.05, 3.63) is 19.8 Å². The maximum atomic E-state index is 5.54. The Kier molecular flexibility index (Phi) is 2.79. The molecule has 0 aliphatic rings. The van der Waals surface area contributed by atoms with Crippen molar-refractivity contribution in [1.82, 2.24) is 15.0 Å². The summed E-state index contributed by atoms with van der Waals surface area (Å²) in [6, 6.07) is 2.01. The van der Waals surface area contributed by atoms with Gasteiger partial charge < -0.3 is 10.7 Å². The number of aromatic nitrogens is 3. The van der Waals surface area contributed by atoms with Gasteiger partial charge in [0.1, 0.15) is 0 Å². The zero-order chi connectivity index (χ0) is 10.1. The predicted octanol–water partition coefficient (Wildman–Crippen LogP) is 2.45. The molecule has 3 N–H and O–H groups in total. The summed E-state index contributed by atoms with van der Waals surface area (Å²) in [4.78, 5) is 11.8. The molecule has 0 unspecified atom stereocenters. The Bertz CT molecular complexity index is 518. The fourth-order valence-corrected chi connectivity index (χ4v) is 2.95. The van der Waals surface area contributed by atoms with Gasteiger partial charge in [-0.15, -0.1) is 11.3 Å². The summed E-state index contributed by atoms with van der Waals surface area (Å²) >= 11 is 8.71. The molecule has 7 heteroatoms. The van der Waals surface area contributed by atoms with E-state index in [1.807, 2.05) is 11.4 Å². The lowest BCUT2D eigenvalue weighted by Crippen LogP contribution is -1.99. The molecule has 0 spiro atoms. The molecular formula is C7H5IN4S2. The summed E-state index contributed by atoms with van der Waals surface area (Å²) in [5, 5.41) is 1.99. The van der Waals surface area contributed by atoms with Gasteiger partial charge in [0, 0.05) is 3.57 Å². The molecule has 0 saturated heterocycles.